The number of halogens is 2. The van der Waals surface area contributed by atoms with Crippen LogP contribution >= 0.6 is 0 Å². The average Bonchev–Trinajstić information content (AvgIpc) is 2.74. The van der Waals surface area contributed by atoms with E-state index in [0.29, 0.717) is 17.1 Å². The van der Waals surface area contributed by atoms with E-state index in [9.17, 15) is 17.2 Å². The zero-order chi connectivity index (χ0) is 21.9. The van der Waals surface area contributed by atoms with Crippen molar-refractivity contribution in [3.8, 4) is 11.5 Å². The molecule has 0 saturated heterocycles. The summed E-state index contributed by atoms with van der Waals surface area (Å²) in [5.74, 6) is -0.479. The van der Waals surface area contributed by atoms with E-state index in [-0.39, 0.29) is 5.69 Å². The fourth-order valence-electron chi connectivity index (χ4n) is 3.17. The molecule has 5 nitrogen and oxygen atoms in total. The topological polar surface area (TPSA) is 55.8 Å². The van der Waals surface area contributed by atoms with Crippen molar-refractivity contribution in [1.29, 1.82) is 0 Å². The fourth-order valence-corrected chi connectivity index (χ4v) is 4.88. The van der Waals surface area contributed by atoms with Crippen molar-refractivity contribution in [2.24, 2.45) is 0 Å². The van der Waals surface area contributed by atoms with Crippen LogP contribution < -0.4 is 13.8 Å². The van der Waals surface area contributed by atoms with Crippen LogP contribution in [0.15, 0.2) is 71.6 Å². The zero-order valence-corrected chi connectivity index (χ0v) is 17.5. The predicted molar refractivity (Wildman–Crippen MR) is 110 cm³/mol. The number of sulfonamides is 1. The molecule has 0 heterocycles. The molecular weight excluding hydrogens is 412 g/mol. The van der Waals surface area contributed by atoms with E-state index >= 15 is 0 Å². The standard InChI is InChI=1S/C22H21F2NO4S/c1-15(16-8-13-20(28-2)21(14-16)29-3)25(18-11-9-17(23)10-12-18)30(26,27)22-7-5-4-6-19(22)24/h4-15H,1-3H3. The Bertz CT molecular complexity index is 1130. The molecular formula is C22H21F2NO4S. The Morgan fingerprint density at radius 2 is 1.50 bits per heavy atom. The van der Waals surface area contributed by atoms with E-state index in [4.69, 9.17) is 9.47 Å². The van der Waals surface area contributed by atoms with Gasteiger partial charge in [-0.15, -0.1) is 0 Å². The first-order valence-electron chi connectivity index (χ1n) is 9.06. The number of hydrogen-bond acceptors (Lipinski definition) is 4. The van der Waals surface area contributed by atoms with Gasteiger partial charge in [0.25, 0.3) is 10.0 Å². The highest BCUT2D eigenvalue weighted by atomic mass is 32.2. The van der Waals surface area contributed by atoms with Gasteiger partial charge in [-0.3, -0.25) is 4.31 Å². The Labute approximate surface area is 174 Å². The molecule has 0 aromatic heterocycles. The van der Waals surface area contributed by atoms with E-state index in [1.807, 2.05) is 0 Å². The molecule has 0 aliphatic carbocycles. The van der Waals surface area contributed by atoms with Crippen LogP contribution in [-0.4, -0.2) is 22.6 Å². The molecule has 1 atom stereocenters. The maximum Gasteiger partial charge on any atom is 0.267 e. The van der Waals surface area contributed by atoms with Gasteiger partial charge in [-0.05, 0) is 61.0 Å². The Hall–Kier alpha value is -3.13. The first-order valence-corrected chi connectivity index (χ1v) is 10.5. The van der Waals surface area contributed by atoms with Gasteiger partial charge in [0.15, 0.2) is 11.5 Å². The lowest BCUT2D eigenvalue weighted by atomic mass is 10.1. The third-order valence-electron chi connectivity index (χ3n) is 4.70. The van der Waals surface area contributed by atoms with Gasteiger partial charge in [0.2, 0.25) is 0 Å². The Morgan fingerprint density at radius 3 is 2.10 bits per heavy atom. The van der Waals surface area contributed by atoms with Gasteiger partial charge in [-0.25, -0.2) is 17.2 Å². The minimum Gasteiger partial charge on any atom is -0.493 e. The summed E-state index contributed by atoms with van der Waals surface area (Å²) in [5.41, 5.74) is 0.777. The van der Waals surface area contributed by atoms with Crippen LogP contribution in [0, 0.1) is 11.6 Å². The molecule has 158 valence electrons. The summed E-state index contributed by atoms with van der Waals surface area (Å²) in [7, 11) is -1.35. The highest BCUT2D eigenvalue weighted by Crippen LogP contribution is 2.37. The second-order valence-electron chi connectivity index (χ2n) is 6.50. The molecule has 8 heteroatoms. The van der Waals surface area contributed by atoms with Gasteiger partial charge >= 0.3 is 0 Å². The van der Waals surface area contributed by atoms with E-state index in [1.54, 1.807) is 25.1 Å². The first-order chi connectivity index (χ1) is 14.3. The number of hydrogen-bond donors (Lipinski definition) is 0. The molecule has 30 heavy (non-hydrogen) atoms. The number of ether oxygens (including phenoxy) is 2. The van der Waals surface area contributed by atoms with E-state index in [1.165, 1.54) is 44.6 Å². The third-order valence-corrected chi connectivity index (χ3v) is 6.63. The SMILES string of the molecule is COc1ccc(C(C)N(c2ccc(F)cc2)S(=O)(=O)c2ccccc2F)cc1OC. The largest absolute Gasteiger partial charge is 0.493 e. The molecule has 0 amide bonds. The van der Waals surface area contributed by atoms with E-state index < -0.39 is 32.6 Å². The number of methoxy groups -OCH3 is 2. The van der Waals surface area contributed by atoms with Crippen molar-refractivity contribution < 1.29 is 26.7 Å². The molecule has 0 fully saturated rings. The molecule has 3 aromatic rings. The van der Waals surface area contributed by atoms with Crippen LogP contribution in [0.4, 0.5) is 14.5 Å². The molecule has 0 saturated carbocycles. The third kappa shape index (κ3) is 4.09. The molecule has 0 N–H and O–H groups in total. The van der Waals surface area contributed by atoms with Gasteiger partial charge in [-0.2, -0.15) is 0 Å². The van der Waals surface area contributed by atoms with Crippen LogP contribution in [0.5, 0.6) is 11.5 Å². The smallest absolute Gasteiger partial charge is 0.267 e. The van der Waals surface area contributed by atoms with Crippen molar-refractivity contribution in [1.82, 2.24) is 0 Å². The second-order valence-corrected chi connectivity index (χ2v) is 8.28. The van der Waals surface area contributed by atoms with Crippen LogP contribution in [0.1, 0.15) is 18.5 Å². The van der Waals surface area contributed by atoms with Gasteiger partial charge in [0.1, 0.15) is 16.5 Å². The quantitative estimate of drug-likeness (QED) is 0.530. The van der Waals surface area contributed by atoms with Gasteiger partial charge in [0, 0.05) is 0 Å². The van der Waals surface area contributed by atoms with Gasteiger partial charge < -0.3 is 9.47 Å². The molecule has 0 aliphatic rings. The van der Waals surface area contributed by atoms with E-state index in [0.717, 1.165) is 22.5 Å². The molecule has 3 aromatic carbocycles. The normalized spacial score (nSPS) is 12.3. The van der Waals surface area contributed by atoms with Crippen molar-refractivity contribution in [2.45, 2.75) is 17.9 Å². The maximum atomic E-state index is 14.4. The average molecular weight is 433 g/mol. The zero-order valence-electron chi connectivity index (χ0n) is 16.7. The monoisotopic (exact) mass is 433 g/mol. The Morgan fingerprint density at radius 1 is 0.867 bits per heavy atom. The summed E-state index contributed by atoms with van der Waals surface area (Å²) >= 11 is 0. The number of benzene rings is 3. The van der Waals surface area contributed by atoms with Crippen molar-refractivity contribution >= 4 is 15.7 Å². The summed E-state index contributed by atoms with van der Waals surface area (Å²) in [6, 6.07) is 14.4. The summed E-state index contributed by atoms with van der Waals surface area (Å²) < 4.78 is 66.4. The summed E-state index contributed by atoms with van der Waals surface area (Å²) in [5, 5.41) is 0. The Balaban J connectivity index is 2.17. The lowest BCUT2D eigenvalue weighted by Crippen LogP contribution is -2.34. The molecule has 0 radical (unpaired) electrons. The first kappa shape index (κ1) is 21.6. The predicted octanol–water partition coefficient (Wildman–Crippen LogP) is 4.94. The summed E-state index contributed by atoms with van der Waals surface area (Å²) in [4.78, 5) is -0.471. The number of rotatable bonds is 7. The molecule has 0 bridgehead atoms. The van der Waals surface area contributed by atoms with Crippen LogP contribution in [0.25, 0.3) is 0 Å². The minimum atomic E-state index is -4.32. The summed E-state index contributed by atoms with van der Waals surface area (Å²) in [6.07, 6.45) is 0. The van der Waals surface area contributed by atoms with Gasteiger partial charge in [-0.1, -0.05) is 18.2 Å². The fraction of sp³-hybridized carbons (Fsp3) is 0.182. The second kappa shape index (κ2) is 8.71. The number of anilines is 1. The molecule has 0 spiro atoms. The lowest BCUT2D eigenvalue weighted by Gasteiger charge is -2.31. The Kier molecular flexibility index (Phi) is 6.26. The minimum absolute atomic E-state index is 0.196. The van der Waals surface area contributed by atoms with Crippen molar-refractivity contribution in [3.05, 3.63) is 83.9 Å². The lowest BCUT2D eigenvalue weighted by molar-refractivity contribution is 0.354. The van der Waals surface area contributed by atoms with Crippen LogP contribution in [0.3, 0.4) is 0 Å². The molecule has 0 aliphatic heterocycles. The van der Waals surface area contributed by atoms with Crippen molar-refractivity contribution in [3.63, 3.8) is 0 Å². The highest BCUT2D eigenvalue weighted by molar-refractivity contribution is 7.92. The highest BCUT2D eigenvalue weighted by Gasteiger charge is 2.32. The molecule has 1 unspecified atom stereocenters. The van der Waals surface area contributed by atoms with E-state index in [2.05, 4.69) is 0 Å². The number of nitrogens with zero attached hydrogens (tertiary/aromatic N) is 1. The summed E-state index contributed by atoms with van der Waals surface area (Å²) in [6.45, 7) is 1.66. The maximum absolute atomic E-state index is 14.4. The van der Waals surface area contributed by atoms with Crippen LogP contribution in [0.2, 0.25) is 0 Å². The van der Waals surface area contributed by atoms with Crippen LogP contribution in [-0.2, 0) is 10.0 Å². The van der Waals surface area contributed by atoms with Crippen molar-refractivity contribution in [2.75, 3.05) is 18.5 Å². The molecule has 3 rings (SSSR count). The van der Waals surface area contributed by atoms with Gasteiger partial charge in [0.05, 0.1) is 25.9 Å².